The highest BCUT2D eigenvalue weighted by Gasteiger charge is 2.19. The number of hydrogen-bond acceptors (Lipinski definition) is 6. The van der Waals surface area contributed by atoms with Gasteiger partial charge in [0, 0.05) is 55.9 Å². The van der Waals surface area contributed by atoms with Gasteiger partial charge in [-0.2, -0.15) is 0 Å². The number of anilines is 1. The summed E-state index contributed by atoms with van der Waals surface area (Å²) >= 11 is 1.68. The number of nitro benzene ring substituents is 1. The van der Waals surface area contributed by atoms with Crippen molar-refractivity contribution in [3.05, 3.63) is 50.5 Å². The third-order valence-electron chi connectivity index (χ3n) is 3.83. The number of nitrogens with zero attached hydrogens (tertiary/aromatic N) is 4. The van der Waals surface area contributed by atoms with E-state index in [-0.39, 0.29) is 10.6 Å². The summed E-state index contributed by atoms with van der Waals surface area (Å²) in [5.74, 6) is 0. The Morgan fingerprint density at radius 1 is 1.32 bits per heavy atom. The lowest BCUT2D eigenvalue weighted by molar-refractivity contribution is -0.384. The molecule has 0 unspecified atom stereocenters. The van der Waals surface area contributed by atoms with E-state index in [1.807, 2.05) is 13.0 Å². The molecule has 0 aliphatic carbocycles. The van der Waals surface area contributed by atoms with E-state index in [0.29, 0.717) is 0 Å². The second-order valence-electron chi connectivity index (χ2n) is 5.40. The first-order valence-corrected chi connectivity index (χ1v) is 8.12. The van der Waals surface area contributed by atoms with Gasteiger partial charge in [-0.3, -0.25) is 15.0 Å². The summed E-state index contributed by atoms with van der Waals surface area (Å²) in [5, 5.41) is 14.1. The average molecular weight is 318 g/mol. The van der Waals surface area contributed by atoms with Gasteiger partial charge in [-0.05, 0) is 13.0 Å². The molecule has 0 radical (unpaired) electrons. The predicted octanol–water partition coefficient (Wildman–Crippen LogP) is 2.68. The molecule has 0 saturated carbocycles. The van der Waals surface area contributed by atoms with Crippen LogP contribution in [0.5, 0.6) is 0 Å². The minimum Gasteiger partial charge on any atom is -0.369 e. The molecule has 0 spiro atoms. The van der Waals surface area contributed by atoms with Crippen molar-refractivity contribution in [2.24, 2.45) is 0 Å². The van der Waals surface area contributed by atoms with E-state index in [2.05, 4.69) is 20.2 Å². The van der Waals surface area contributed by atoms with Gasteiger partial charge >= 0.3 is 0 Å². The molecule has 0 amide bonds. The molecular weight excluding hydrogens is 300 g/mol. The highest BCUT2D eigenvalue weighted by molar-refractivity contribution is 7.09. The number of piperazine rings is 1. The lowest BCUT2D eigenvalue weighted by Crippen LogP contribution is -2.46. The van der Waals surface area contributed by atoms with Gasteiger partial charge in [-0.25, -0.2) is 4.98 Å². The Labute approximate surface area is 133 Å². The third kappa shape index (κ3) is 3.42. The van der Waals surface area contributed by atoms with Crippen LogP contribution in [0.4, 0.5) is 11.4 Å². The van der Waals surface area contributed by atoms with Crippen LogP contribution in [0.15, 0.2) is 29.6 Å². The standard InChI is InChI=1S/C15H18N4O2S/c1-12-16-13(11-22-12)10-17-5-7-18(8-6-17)14-3-2-4-15(9-14)19(20)21/h2-4,9,11H,5-8,10H2,1H3. The fourth-order valence-electron chi connectivity index (χ4n) is 2.68. The Bertz CT molecular complexity index is 665. The molecule has 3 rings (SSSR count). The molecule has 0 bridgehead atoms. The van der Waals surface area contributed by atoms with Crippen molar-refractivity contribution in [1.82, 2.24) is 9.88 Å². The topological polar surface area (TPSA) is 62.5 Å². The normalized spacial score (nSPS) is 16.0. The van der Waals surface area contributed by atoms with Crippen LogP contribution in [0.1, 0.15) is 10.7 Å². The lowest BCUT2D eigenvalue weighted by atomic mass is 10.2. The molecule has 0 atom stereocenters. The van der Waals surface area contributed by atoms with Crippen LogP contribution in [0.25, 0.3) is 0 Å². The first kappa shape index (κ1) is 14.9. The van der Waals surface area contributed by atoms with Crippen molar-refractivity contribution in [2.75, 3.05) is 31.1 Å². The number of nitro groups is 1. The molecule has 116 valence electrons. The Morgan fingerprint density at radius 2 is 2.09 bits per heavy atom. The van der Waals surface area contributed by atoms with Crippen LogP contribution in [0.2, 0.25) is 0 Å². The zero-order chi connectivity index (χ0) is 15.5. The van der Waals surface area contributed by atoms with Crippen molar-refractivity contribution in [3.63, 3.8) is 0 Å². The van der Waals surface area contributed by atoms with Gasteiger partial charge in [-0.15, -0.1) is 11.3 Å². The van der Waals surface area contributed by atoms with Crippen LogP contribution in [-0.4, -0.2) is 41.0 Å². The summed E-state index contributed by atoms with van der Waals surface area (Å²) in [6, 6.07) is 6.87. The van der Waals surface area contributed by atoms with Crippen LogP contribution < -0.4 is 4.90 Å². The van der Waals surface area contributed by atoms with Gasteiger partial charge < -0.3 is 4.90 Å². The van der Waals surface area contributed by atoms with E-state index in [1.54, 1.807) is 23.5 Å². The molecule has 2 heterocycles. The fourth-order valence-corrected chi connectivity index (χ4v) is 3.28. The molecule has 22 heavy (non-hydrogen) atoms. The molecule has 2 aromatic rings. The predicted molar refractivity (Wildman–Crippen MR) is 87.4 cm³/mol. The van der Waals surface area contributed by atoms with E-state index in [0.717, 1.165) is 49.1 Å². The summed E-state index contributed by atoms with van der Waals surface area (Å²) in [6.45, 7) is 6.55. The minimum atomic E-state index is -0.343. The highest BCUT2D eigenvalue weighted by Crippen LogP contribution is 2.22. The second kappa shape index (κ2) is 6.41. The van der Waals surface area contributed by atoms with Gasteiger partial charge in [-0.1, -0.05) is 6.07 Å². The Balaban J connectivity index is 1.59. The maximum absolute atomic E-state index is 10.9. The number of hydrogen-bond donors (Lipinski definition) is 0. The Kier molecular flexibility index (Phi) is 4.35. The monoisotopic (exact) mass is 318 g/mol. The molecule has 1 fully saturated rings. The van der Waals surface area contributed by atoms with E-state index in [9.17, 15) is 10.1 Å². The molecule has 1 aliphatic rings. The Morgan fingerprint density at radius 3 is 2.73 bits per heavy atom. The molecule has 1 aromatic carbocycles. The van der Waals surface area contributed by atoms with Crippen molar-refractivity contribution >= 4 is 22.7 Å². The van der Waals surface area contributed by atoms with Crippen LogP contribution in [-0.2, 0) is 6.54 Å². The number of aryl methyl sites for hydroxylation is 1. The van der Waals surface area contributed by atoms with Gasteiger partial charge in [0.25, 0.3) is 5.69 Å². The van der Waals surface area contributed by atoms with Crippen molar-refractivity contribution < 1.29 is 4.92 Å². The first-order chi connectivity index (χ1) is 10.6. The minimum absolute atomic E-state index is 0.151. The van der Waals surface area contributed by atoms with Crippen LogP contribution in [0.3, 0.4) is 0 Å². The number of thiazole rings is 1. The van der Waals surface area contributed by atoms with E-state index in [4.69, 9.17) is 0 Å². The summed E-state index contributed by atoms with van der Waals surface area (Å²) < 4.78 is 0. The second-order valence-corrected chi connectivity index (χ2v) is 6.46. The lowest BCUT2D eigenvalue weighted by Gasteiger charge is -2.35. The van der Waals surface area contributed by atoms with Gasteiger partial charge in [0.15, 0.2) is 0 Å². The smallest absolute Gasteiger partial charge is 0.271 e. The summed E-state index contributed by atoms with van der Waals surface area (Å²) in [4.78, 5) is 19.6. The quantitative estimate of drug-likeness (QED) is 0.640. The van der Waals surface area contributed by atoms with Crippen molar-refractivity contribution in [1.29, 1.82) is 0 Å². The van der Waals surface area contributed by atoms with Gasteiger partial charge in [0.1, 0.15) is 0 Å². The SMILES string of the molecule is Cc1nc(CN2CCN(c3cccc([N+](=O)[O-])c3)CC2)cs1. The van der Waals surface area contributed by atoms with Gasteiger partial charge in [0.05, 0.1) is 15.6 Å². The summed E-state index contributed by atoms with van der Waals surface area (Å²) in [5.41, 5.74) is 2.21. The zero-order valence-electron chi connectivity index (χ0n) is 12.4. The van der Waals surface area contributed by atoms with E-state index in [1.165, 1.54) is 6.07 Å². The third-order valence-corrected chi connectivity index (χ3v) is 4.65. The molecule has 1 aromatic heterocycles. The summed E-state index contributed by atoms with van der Waals surface area (Å²) in [7, 11) is 0. The number of benzene rings is 1. The van der Waals surface area contributed by atoms with E-state index >= 15 is 0 Å². The molecule has 7 heteroatoms. The molecular formula is C15H18N4O2S. The van der Waals surface area contributed by atoms with Gasteiger partial charge in [0.2, 0.25) is 0 Å². The van der Waals surface area contributed by atoms with E-state index < -0.39 is 0 Å². The molecule has 1 saturated heterocycles. The number of rotatable bonds is 4. The maximum atomic E-state index is 10.9. The average Bonchev–Trinajstić information content (AvgIpc) is 2.93. The summed E-state index contributed by atoms with van der Waals surface area (Å²) in [6.07, 6.45) is 0. The fraction of sp³-hybridized carbons (Fsp3) is 0.400. The van der Waals surface area contributed by atoms with Crippen molar-refractivity contribution in [3.8, 4) is 0 Å². The zero-order valence-corrected chi connectivity index (χ0v) is 13.3. The Hall–Kier alpha value is -1.99. The maximum Gasteiger partial charge on any atom is 0.271 e. The van der Waals surface area contributed by atoms with Crippen molar-refractivity contribution in [2.45, 2.75) is 13.5 Å². The molecule has 0 N–H and O–H groups in total. The highest BCUT2D eigenvalue weighted by atomic mass is 32.1. The number of aromatic nitrogens is 1. The van der Waals surface area contributed by atoms with Crippen LogP contribution >= 0.6 is 11.3 Å². The molecule has 6 nitrogen and oxygen atoms in total. The number of non-ortho nitro benzene ring substituents is 1. The first-order valence-electron chi connectivity index (χ1n) is 7.24. The largest absolute Gasteiger partial charge is 0.369 e. The molecule has 1 aliphatic heterocycles. The van der Waals surface area contributed by atoms with Crippen LogP contribution in [0, 0.1) is 17.0 Å².